The highest BCUT2D eigenvalue weighted by Gasteiger charge is 2.10. The maximum Gasteiger partial charge on any atom is 0.208 e. The van der Waals surface area contributed by atoms with Crippen LogP contribution in [0.5, 0.6) is 5.75 Å². The van der Waals surface area contributed by atoms with Crippen molar-refractivity contribution < 1.29 is 13.2 Å². The Balaban J connectivity index is 2.51. The standard InChI is InChI=1S/C17H27N3O3S/c1-5-15(14-10-9-11-16(23-3)17(14)18-2)19-12-7-6-8-13-20-24(4,21)22/h5,9-11,19-20H,2,6-8,12-13H2,1,3-4H3/b15-5+. The van der Waals surface area contributed by atoms with Crippen LogP contribution in [0.2, 0.25) is 0 Å². The van der Waals surface area contributed by atoms with Gasteiger partial charge in [-0.15, -0.1) is 0 Å². The molecule has 0 unspecified atom stereocenters. The topological polar surface area (TPSA) is 79.8 Å². The van der Waals surface area contributed by atoms with E-state index in [1.165, 1.54) is 6.26 Å². The predicted molar refractivity (Wildman–Crippen MR) is 101 cm³/mol. The second kappa shape index (κ2) is 10.1. The Morgan fingerprint density at radius 1 is 1.29 bits per heavy atom. The molecule has 0 aromatic heterocycles. The van der Waals surface area contributed by atoms with E-state index in [1.807, 2.05) is 31.2 Å². The minimum absolute atomic E-state index is 0.482. The molecule has 0 aliphatic heterocycles. The molecule has 0 aliphatic rings. The van der Waals surface area contributed by atoms with E-state index in [-0.39, 0.29) is 0 Å². The van der Waals surface area contributed by atoms with Crippen LogP contribution in [0, 0.1) is 0 Å². The lowest BCUT2D eigenvalue weighted by molar-refractivity contribution is 0.416. The van der Waals surface area contributed by atoms with Gasteiger partial charge in [0.1, 0.15) is 11.4 Å². The number of hydrogen-bond donors (Lipinski definition) is 2. The summed E-state index contributed by atoms with van der Waals surface area (Å²) in [4.78, 5) is 4.08. The molecule has 1 aromatic rings. The molecule has 0 fully saturated rings. The Morgan fingerprint density at radius 3 is 2.58 bits per heavy atom. The number of rotatable bonds is 11. The fourth-order valence-corrected chi connectivity index (χ4v) is 2.84. The molecule has 134 valence electrons. The van der Waals surface area contributed by atoms with E-state index in [1.54, 1.807) is 7.11 Å². The number of sulfonamides is 1. The number of allylic oxidation sites excluding steroid dienone is 1. The van der Waals surface area contributed by atoms with E-state index in [0.717, 1.165) is 42.8 Å². The highest BCUT2D eigenvalue weighted by atomic mass is 32.2. The number of benzene rings is 1. The molecule has 0 aliphatic carbocycles. The molecular weight excluding hydrogens is 326 g/mol. The summed E-state index contributed by atoms with van der Waals surface area (Å²) >= 11 is 0. The van der Waals surface area contributed by atoms with Gasteiger partial charge in [0.15, 0.2) is 0 Å². The summed E-state index contributed by atoms with van der Waals surface area (Å²) < 4.78 is 29.7. The van der Waals surface area contributed by atoms with Gasteiger partial charge in [0.25, 0.3) is 0 Å². The Morgan fingerprint density at radius 2 is 2.00 bits per heavy atom. The van der Waals surface area contributed by atoms with Crippen molar-refractivity contribution in [3.63, 3.8) is 0 Å². The second-order valence-electron chi connectivity index (χ2n) is 5.37. The lowest BCUT2D eigenvalue weighted by Crippen LogP contribution is -2.23. The Bertz CT molecular complexity index is 670. The highest BCUT2D eigenvalue weighted by molar-refractivity contribution is 7.88. The minimum Gasteiger partial charge on any atom is -0.494 e. The van der Waals surface area contributed by atoms with Gasteiger partial charge in [-0.3, -0.25) is 4.99 Å². The first-order valence-electron chi connectivity index (χ1n) is 7.92. The summed E-state index contributed by atoms with van der Waals surface area (Å²) in [5.41, 5.74) is 2.65. The van der Waals surface area contributed by atoms with E-state index in [2.05, 4.69) is 21.7 Å². The van der Waals surface area contributed by atoms with Gasteiger partial charge in [-0.1, -0.05) is 24.6 Å². The van der Waals surface area contributed by atoms with Crippen LogP contribution in [0.25, 0.3) is 5.70 Å². The maximum absolute atomic E-state index is 11.0. The Hall–Kier alpha value is -1.86. The number of aliphatic imine (C=N–C) groups is 1. The van der Waals surface area contributed by atoms with Crippen molar-refractivity contribution in [2.75, 3.05) is 26.5 Å². The molecule has 0 radical (unpaired) electrons. The van der Waals surface area contributed by atoms with Crippen molar-refractivity contribution in [2.24, 2.45) is 4.99 Å². The summed E-state index contributed by atoms with van der Waals surface area (Å²) in [6, 6.07) is 5.76. The van der Waals surface area contributed by atoms with Crippen molar-refractivity contribution in [3.8, 4) is 5.75 Å². The number of nitrogens with one attached hydrogen (secondary N) is 2. The number of ether oxygens (including phenoxy) is 1. The molecule has 2 N–H and O–H groups in total. The summed E-state index contributed by atoms with van der Waals surface area (Å²) in [6.07, 6.45) is 5.88. The quantitative estimate of drug-likeness (QED) is 0.473. The van der Waals surface area contributed by atoms with Gasteiger partial charge in [-0.25, -0.2) is 13.1 Å². The smallest absolute Gasteiger partial charge is 0.208 e. The summed E-state index contributed by atoms with van der Waals surface area (Å²) in [7, 11) is -1.48. The van der Waals surface area contributed by atoms with Gasteiger partial charge in [-0.05, 0) is 32.5 Å². The fraction of sp³-hybridized carbons (Fsp3) is 0.471. The van der Waals surface area contributed by atoms with Crippen LogP contribution in [-0.4, -0.2) is 41.6 Å². The largest absolute Gasteiger partial charge is 0.494 e. The second-order valence-corrected chi connectivity index (χ2v) is 7.20. The van der Waals surface area contributed by atoms with Gasteiger partial charge in [-0.2, -0.15) is 0 Å². The van der Waals surface area contributed by atoms with Gasteiger partial charge < -0.3 is 10.1 Å². The maximum atomic E-state index is 11.0. The lowest BCUT2D eigenvalue weighted by atomic mass is 10.1. The predicted octanol–water partition coefficient (Wildman–Crippen LogP) is 2.70. The number of nitrogens with zero attached hydrogens (tertiary/aromatic N) is 1. The number of unbranched alkanes of at least 4 members (excludes halogenated alkanes) is 2. The zero-order chi connectivity index (χ0) is 18.0. The van der Waals surface area contributed by atoms with Crippen molar-refractivity contribution in [1.29, 1.82) is 0 Å². The van der Waals surface area contributed by atoms with Crippen LogP contribution in [0.15, 0.2) is 29.3 Å². The molecule has 0 heterocycles. The van der Waals surface area contributed by atoms with Crippen LogP contribution in [0.4, 0.5) is 5.69 Å². The molecular formula is C17H27N3O3S. The van der Waals surface area contributed by atoms with Crippen molar-refractivity contribution in [1.82, 2.24) is 10.0 Å². The van der Waals surface area contributed by atoms with E-state index >= 15 is 0 Å². The molecule has 24 heavy (non-hydrogen) atoms. The van der Waals surface area contributed by atoms with Crippen LogP contribution < -0.4 is 14.8 Å². The zero-order valence-corrected chi connectivity index (χ0v) is 15.4. The van der Waals surface area contributed by atoms with Crippen molar-refractivity contribution in [2.45, 2.75) is 26.2 Å². The van der Waals surface area contributed by atoms with Gasteiger partial charge in [0.2, 0.25) is 10.0 Å². The molecule has 0 atom stereocenters. The van der Waals surface area contributed by atoms with Crippen molar-refractivity contribution in [3.05, 3.63) is 29.8 Å². The Labute approximate surface area is 145 Å². The Kier molecular flexibility index (Phi) is 8.49. The van der Waals surface area contributed by atoms with Crippen LogP contribution >= 0.6 is 0 Å². The molecule has 1 aromatic carbocycles. The minimum atomic E-state index is -3.09. The SMILES string of the molecule is C=Nc1c(OC)cccc1/C(=C\C)NCCCCCNS(C)(=O)=O. The molecule has 7 heteroatoms. The van der Waals surface area contributed by atoms with Gasteiger partial charge >= 0.3 is 0 Å². The normalized spacial score (nSPS) is 12.0. The molecule has 1 rings (SSSR count). The van der Waals surface area contributed by atoms with Crippen molar-refractivity contribution >= 4 is 28.1 Å². The summed E-state index contributed by atoms with van der Waals surface area (Å²) in [6.45, 7) is 6.87. The van der Waals surface area contributed by atoms with Gasteiger partial charge in [0.05, 0.1) is 13.4 Å². The third-order valence-electron chi connectivity index (χ3n) is 3.49. The summed E-state index contributed by atoms with van der Waals surface area (Å²) in [5, 5.41) is 3.40. The molecule has 0 spiro atoms. The molecule has 0 saturated heterocycles. The summed E-state index contributed by atoms with van der Waals surface area (Å²) in [5.74, 6) is 0.690. The first-order chi connectivity index (χ1) is 11.4. The molecule has 0 amide bonds. The van der Waals surface area contributed by atoms with Crippen LogP contribution in [0.3, 0.4) is 0 Å². The van der Waals surface area contributed by atoms with E-state index in [4.69, 9.17) is 4.74 Å². The highest BCUT2D eigenvalue weighted by Crippen LogP contribution is 2.34. The lowest BCUT2D eigenvalue weighted by Gasteiger charge is -2.15. The first kappa shape index (κ1) is 20.2. The number of para-hydroxylation sites is 1. The van der Waals surface area contributed by atoms with Gasteiger partial charge in [0, 0.05) is 24.4 Å². The molecule has 0 bridgehead atoms. The number of methoxy groups -OCH3 is 1. The molecule has 6 nitrogen and oxygen atoms in total. The zero-order valence-electron chi connectivity index (χ0n) is 14.6. The van der Waals surface area contributed by atoms with Crippen LogP contribution in [0.1, 0.15) is 31.7 Å². The average Bonchev–Trinajstić information content (AvgIpc) is 2.55. The van der Waals surface area contributed by atoms with Crippen LogP contribution in [-0.2, 0) is 10.0 Å². The third kappa shape index (κ3) is 6.72. The monoisotopic (exact) mass is 353 g/mol. The first-order valence-corrected chi connectivity index (χ1v) is 9.81. The fourth-order valence-electron chi connectivity index (χ4n) is 2.33. The third-order valence-corrected chi connectivity index (χ3v) is 4.22. The number of hydrogen-bond acceptors (Lipinski definition) is 5. The van der Waals surface area contributed by atoms with E-state index in [0.29, 0.717) is 12.3 Å². The average molecular weight is 353 g/mol. The van der Waals surface area contributed by atoms with E-state index < -0.39 is 10.0 Å². The molecule has 0 saturated carbocycles. The van der Waals surface area contributed by atoms with E-state index in [9.17, 15) is 8.42 Å².